The van der Waals surface area contributed by atoms with Crippen LogP contribution in [0, 0.1) is 0 Å². The number of benzene rings is 2. The molecule has 12 nitrogen and oxygen atoms in total. The van der Waals surface area contributed by atoms with E-state index in [4.69, 9.17) is 0 Å². The first kappa shape index (κ1) is 51.7. The molecule has 0 atom stereocenters. The quantitative estimate of drug-likeness (QED) is 0.160. The van der Waals surface area contributed by atoms with Gasteiger partial charge in [-0.3, -0.25) is 0 Å². The predicted octanol–water partition coefficient (Wildman–Crippen LogP) is 1.10. The van der Waals surface area contributed by atoms with Gasteiger partial charge in [0.15, 0.2) is 20.0 Å². The van der Waals surface area contributed by atoms with E-state index in [0.717, 1.165) is 31.9 Å². The van der Waals surface area contributed by atoms with Gasteiger partial charge in [0.1, 0.15) is 31.5 Å². The van der Waals surface area contributed by atoms with Crippen LogP contribution in [0.5, 0.6) is 11.5 Å². The van der Waals surface area contributed by atoms with E-state index in [1.54, 1.807) is 0 Å². The Labute approximate surface area is 342 Å². The molecule has 2 aromatic rings. The van der Waals surface area contributed by atoms with Crippen LogP contribution in [0.4, 0.5) is 61.5 Å². The molecule has 0 amide bonds. The van der Waals surface area contributed by atoms with E-state index in [9.17, 15) is 95.1 Å². The minimum absolute atomic E-state index is 0. The summed E-state index contributed by atoms with van der Waals surface area (Å²) in [5.74, 6) is -4.23. The van der Waals surface area contributed by atoms with Crippen molar-refractivity contribution in [3.05, 3.63) is 44.7 Å². The van der Waals surface area contributed by atoms with Gasteiger partial charge in [0, 0.05) is 31.9 Å². The van der Waals surface area contributed by atoms with E-state index in [1.807, 2.05) is 0 Å². The first-order valence-electron chi connectivity index (χ1n) is 10.9. The zero-order valence-corrected chi connectivity index (χ0v) is 34.6. The van der Waals surface area contributed by atoms with Crippen LogP contribution in [0.2, 0.25) is 0 Å². The standard InChI is InChI=1S/C18H6Br2F14N2O10S4.2Na/c19-13(21,22)15(25,26)45-9-3-1-7(5-11(9)47(37,38)35-49(41,42)17(29,30)31)8-2-4-10(46-16(27,28)14(20,23)24)12(6-8)48(39,40)36-50(43,44)18(32,33)34;;/h1-6H;;/q-2;2*+1. The Hall–Kier alpha value is -0.260. The smallest absolute Gasteiger partial charge is 0.426 e. The Balaban J connectivity index is 0.0000130. The van der Waals surface area contributed by atoms with E-state index < -0.39 is 105 Å². The first-order chi connectivity index (χ1) is 21.8. The summed E-state index contributed by atoms with van der Waals surface area (Å²) in [6, 6.07) is -0.458. The second kappa shape index (κ2) is 16.3. The van der Waals surface area contributed by atoms with Gasteiger partial charge in [0.25, 0.3) is 0 Å². The fraction of sp³-hybridized carbons (Fsp3) is 0.333. The van der Waals surface area contributed by atoms with Gasteiger partial charge in [-0.1, -0.05) is 12.1 Å². The van der Waals surface area contributed by atoms with Crippen molar-refractivity contribution in [3.63, 3.8) is 0 Å². The van der Waals surface area contributed by atoms with Crippen molar-refractivity contribution in [2.45, 2.75) is 42.7 Å². The zero-order chi connectivity index (χ0) is 39.5. The molecule has 0 N–H and O–H groups in total. The minimum atomic E-state index is -7.12. The van der Waals surface area contributed by atoms with Crippen LogP contribution in [0.25, 0.3) is 19.4 Å². The molecule has 0 unspecified atom stereocenters. The summed E-state index contributed by atoms with van der Waals surface area (Å²) in [4.78, 5) is -15.4. The number of hydrogen-bond donors (Lipinski definition) is 0. The molecule has 0 saturated carbocycles. The molecule has 52 heavy (non-hydrogen) atoms. The maximum Gasteiger partial charge on any atom is 1.00 e. The number of sulfonamides is 4. The minimum Gasteiger partial charge on any atom is -0.426 e. The van der Waals surface area contributed by atoms with Crippen LogP contribution >= 0.6 is 31.9 Å². The van der Waals surface area contributed by atoms with Gasteiger partial charge in [-0.05, 0) is 35.4 Å². The monoisotopic (exact) mass is 1010 g/mol. The summed E-state index contributed by atoms with van der Waals surface area (Å²) >= 11 is 2.28. The fourth-order valence-electron chi connectivity index (χ4n) is 2.76. The number of nitrogens with zero attached hydrogens (tertiary/aromatic N) is 2. The number of ether oxygens (including phenoxy) is 2. The van der Waals surface area contributed by atoms with Crippen molar-refractivity contribution in [2.75, 3.05) is 0 Å². The number of rotatable bonds is 13. The normalized spacial score (nSPS) is 14.2. The van der Waals surface area contributed by atoms with Crippen LogP contribution in [-0.4, -0.2) is 66.6 Å². The molecule has 2 rings (SSSR count). The van der Waals surface area contributed by atoms with Gasteiger partial charge >= 0.3 is 92.0 Å². The maximum atomic E-state index is 13.9. The van der Waals surface area contributed by atoms with Crippen molar-refractivity contribution < 1.29 is 164 Å². The Morgan fingerprint density at radius 1 is 0.481 bits per heavy atom. The first-order valence-corrected chi connectivity index (χ1v) is 18.3. The molecule has 0 aliphatic carbocycles. The van der Waals surface area contributed by atoms with Crippen LogP contribution in [0.1, 0.15) is 0 Å². The van der Waals surface area contributed by atoms with Crippen LogP contribution < -0.4 is 68.6 Å². The molecule has 0 saturated heterocycles. The van der Waals surface area contributed by atoms with Crippen LogP contribution in [0.3, 0.4) is 0 Å². The van der Waals surface area contributed by atoms with Gasteiger partial charge in [0.2, 0.25) is 0 Å². The van der Waals surface area contributed by atoms with Gasteiger partial charge in [-0.25, -0.2) is 33.7 Å². The van der Waals surface area contributed by atoms with E-state index >= 15 is 0 Å². The van der Waals surface area contributed by atoms with Gasteiger partial charge in [-0.2, -0.15) is 61.5 Å². The third kappa shape index (κ3) is 11.9. The molecule has 2 aromatic carbocycles. The summed E-state index contributed by atoms with van der Waals surface area (Å²) in [7, 11) is -27.4. The molecule has 34 heteroatoms. The Morgan fingerprint density at radius 2 is 0.731 bits per heavy atom. The largest absolute Gasteiger partial charge is 1.00 e. The fourth-order valence-corrected chi connectivity index (χ4v) is 7.59. The third-order valence-electron chi connectivity index (χ3n) is 4.89. The molecule has 0 radical (unpaired) electrons. The molecule has 0 aliphatic rings. The topological polar surface area (TPSA) is 183 Å². The Kier molecular flexibility index (Phi) is 16.2. The van der Waals surface area contributed by atoms with Crippen molar-refractivity contribution in [1.29, 1.82) is 0 Å². The van der Waals surface area contributed by atoms with E-state index in [0.29, 0.717) is 0 Å². The maximum absolute atomic E-state index is 13.9. The molecular weight excluding hydrogens is 1000 g/mol. The summed E-state index contributed by atoms with van der Waals surface area (Å²) in [5.41, 5.74) is -15.4. The molecule has 286 valence electrons. The SMILES string of the molecule is O=S(=O)([N-]S(=O)(=O)C(F)(F)F)c1cc(-c2ccc(OC(F)(F)C(F)(F)Br)c(S(=O)(=O)[N-]S(=O)(=O)C(F)(F)F)c2)ccc1OC(F)(F)C(F)(F)Br.[Na+].[Na+]. The molecular formula is C18H6Br2F14N2Na2O10S4. The average Bonchev–Trinajstić information content (AvgIpc) is 2.84. The van der Waals surface area contributed by atoms with Gasteiger partial charge < -0.3 is 17.7 Å². The van der Waals surface area contributed by atoms with Gasteiger partial charge in [-0.15, -0.1) is 0 Å². The summed E-state index contributed by atoms with van der Waals surface area (Å²) in [6.07, 6.45) is -11.6. The van der Waals surface area contributed by atoms with E-state index in [2.05, 4.69) is 9.47 Å². The van der Waals surface area contributed by atoms with Crippen LogP contribution in [-0.2, 0) is 40.1 Å². The average molecular weight is 1010 g/mol. The van der Waals surface area contributed by atoms with E-state index in [-0.39, 0.29) is 95.5 Å². The number of halogens is 16. The zero-order valence-electron chi connectivity index (χ0n) is 24.1. The van der Waals surface area contributed by atoms with Crippen molar-refractivity contribution in [3.8, 4) is 22.6 Å². The number of hydrogen-bond acceptors (Lipinski definition) is 10. The summed E-state index contributed by atoms with van der Waals surface area (Å²) < 4.78 is 292. The predicted molar refractivity (Wildman–Crippen MR) is 142 cm³/mol. The van der Waals surface area contributed by atoms with Gasteiger partial charge in [0.05, 0.1) is 9.79 Å². The molecule has 0 aromatic heterocycles. The second-order valence-electron chi connectivity index (χ2n) is 8.50. The van der Waals surface area contributed by atoms with Crippen molar-refractivity contribution >= 4 is 72.0 Å². The Bertz CT molecular complexity index is 1950. The molecule has 0 spiro atoms. The Morgan fingerprint density at radius 3 is 0.942 bits per heavy atom. The third-order valence-corrected chi connectivity index (χ3v) is 11.9. The molecule has 0 aliphatic heterocycles. The summed E-state index contributed by atoms with van der Waals surface area (Å²) in [5, 5.41) is 0. The summed E-state index contributed by atoms with van der Waals surface area (Å²) in [6.45, 7) is 0. The molecule has 0 bridgehead atoms. The van der Waals surface area contributed by atoms with E-state index in [1.165, 1.54) is 8.25 Å². The molecule has 0 fully saturated rings. The second-order valence-corrected chi connectivity index (χ2v) is 17.3. The van der Waals surface area contributed by atoms with Crippen molar-refractivity contribution in [2.24, 2.45) is 0 Å². The van der Waals surface area contributed by atoms with Crippen molar-refractivity contribution in [1.82, 2.24) is 0 Å². The number of alkyl halides is 16. The molecule has 0 heterocycles. The van der Waals surface area contributed by atoms with Crippen LogP contribution in [0.15, 0.2) is 46.2 Å².